The zero-order valence-electron chi connectivity index (χ0n) is 25.8. The standard InChI is InChI=1S/C41H27N3O5/c45-34-33(35(46)37(48)38(49)36(34)47)29-19-17-28-22-30(20-18-27(28)21-29)41-43-39(25-8-2-1-3-9-25)42-40(44-41)26-15-13-24(14-16-26)32-12-6-10-23-7-4-5-11-31(23)32/h1-22,45-49H. The van der Waals surface area contributed by atoms with Crippen molar-refractivity contribution < 1.29 is 25.5 Å². The molecule has 0 aliphatic rings. The first-order chi connectivity index (χ1) is 23.9. The molecule has 236 valence electrons. The fourth-order valence-electron chi connectivity index (χ4n) is 6.13. The van der Waals surface area contributed by atoms with Crippen LogP contribution in [0.15, 0.2) is 133 Å². The lowest BCUT2D eigenvalue weighted by atomic mass is 9.97. The van der Waals surface area contributed by atoms with Crippen LogP contribution >= 0.6 is 0 Å². The summed E-state index contributed by atoms with van der Waals surface area (Å²) in [6.45, 7) is 0. The van der Waals surface area contributed by atoms with Gasteiger partial charge in [-0.15, -0.1) is 0 Å². The first-order valence-electron chi connectivity index (χ1n) is 15.5. The van der Waals surface area contributed by atoms with E-state index in [0.29, 0.717) is 23.0 Å². The normalized spacial score (nSPS) is 11.3. The largest absolute Gasteiger partial charge is 0.504 e. The molecule has 1 heterocycles. The van der Waals surface area contributed by atoms with E-state index >= 15 is 0 Å². The monoisotopic (exact) mass is 641 g/mol. The van der Waals surface area contributed by atoms with Crippen LogP contribution in [0.3, 0.4) is 0 Å². The summed E-state index contributed by atoms with van der Waals surface area (Å²) < 4.78 is 0. The Hall–Kier alpha value is -6.93. The summed E-state index contributed by atoms with van der Waals surface area (Å²) in [5, 5.41) is 54.7. The maximum atomic E-state index is 10.5. The Bertz CT molecular complexity index is 2520. The highest BCUT2D eigenvalue weighted by Crippen LogP contribution is 2.54. The highest BCUT2D eigenvalue weighted by molar-refractivity contribution is 5.97. The van der Waals surface area contributed by atoms with Crippen LogP contribution in [0.2, 0.25) is 0 Å². The summed E-state index contributed by atoms with van der Waals surface area (Å²) in [4.78, 5) is 14.6. The predicted molar refractivity (Wildman–Crippen MR) is 190 cm³/mol. The van der Waals surface area contributed by atoms with Crippen molar-refractivity contribution in [2.75, 3.05) is 0 Å². The van der Waals surface area contributed by atoms with E-state index in [1.165, 1.54) is 10.8 Å². The fourth-order valence-corrected chi connectivity index (χ4v) is 6.13. The first-order valence-corrected chi connectivity index (χ1v) is 15.5. The average molecular weight is 642 g/mol. The van der Waals surface area contributed by atoms with Gasteiger partial charge in [0.1, 0.15) is 0 Å². The Morgan fingerprint density at radius 1 is 0.327 bits per heavy atom. The molecule has 8 heteroatoms. The van der Waals surface area contributed by atoms with Gasteiger partial charge in [-0.3, -0.25) is 0 Å². The zero-order chi connectivity index (χ0) is 33.6. The minimum absolute atomic E-state index is 0.208. The fraction of sp³-hybridized carbons (Fsp3) is 0. The van der Waals surface area contributed by atoms with Crippen molar-refractivity contribution in [3.05, 3.63) is 133 Å². The van der Waals surface area contributed by atoms with E-state index in [1.807, 2.05) is 72.8 Å². The number of rotatable bonds is 5. The molecule has 0 fully saturated rings. The first kappa shape index (κ1) is 29.5. The molecule has 0 spiro atoms. The second-order valence-corrected chi connectivity index (χ2v) is 11.7. The third-order valence-corrected chi connectivity index (χ3v) is 8.67. The van der Waals surface area contributed by atoms with Gasteiger partial charge in [0.05, 0.1) is 5.56 Å². The topological polar surface area (TPSA) is 140 Å². The van der Waals surface area contributed by atoms with Gasteiger partial charge in [-0.25, -0.2) is 15.0 Å². The van der Waals surface area contributed by atoms with Gasteiger partial charge < -0.3 is 25.5 Å². The molecule has 0 unspecified atom stereocenters. The molecule has 0 saturated heterocycles. The van der Waals surface area contributed by atoms with Crippen LogP contribution in [-0.2, 0) is 0 Å². The van der Waals surface area contributed by atoms with Crippen LogP contribution in [0.5, 0.6) is 28.7 Å². The van der Waals surface area contributed by atoms with Crippen molar-refractivity contribution in [1.82, 2.24) is 15.0 Å². The SMILES string of the molecule is Oc1c(O)c(O)c(-c2ccc3cc(-c4nc(-c5ccccc5)nc(-c5ccc(-c6cccc7ccccc67)cc5)n4)ccc3c2)c(O)c1O. The molecule has 0 saturated carbocycles. The molecule has 8 aromatic rings. The van der Waals surface area contributed by atoms with Crippen LogP contribution < -0.4 is 0 Å². The number of hydrogen-bond donors (Lipinski definition) is 5. The summed E-state index contributed by atoms with van der Waals surface area (Å²) in [7, 11) is 0. The lowest BCUT2D eigenvalue weighted by Crippen LogP contribution is -2.00. The van der Waals surface area contributed by atoms with Crippen LogP contribution in [0.25, 0.3) is 78.0 Å². The van der Waals surface area contributed by atoms with Gasteiger partial charge in [0.2, 0.25) is 17.2 Å². The van der Waals surface area contributed by atoms with E-state index in [1.54, 1.807) is 18.2 Å². The van der Waals surface area contributed by atoms with Crippen molar-refractivity contribution in [2.24, 2.45) is 0 Å². The van der Waals surface area contributed by atoms with Gasteiger partial charge in [0.15, 0.2) is 29.0 Å². The zero-order valence-corrected chi connectivity index (χ0v) is 25.8. The van der Waals surface area contributed by atoms with E-state index in [-0.39, 0.29) is 5.56 Å². The van der Waals surface area contributed by atoms with Gasteiger partial charge in [-0.2, -0.15) is 0 Å². The number of hydrogen-bond acceptors (Lipinski definition) is 8. The molecule has 0 aliphatic carbocycles. The van der Waals surface area contributed by atoms with Crippen LogP contribution in [0, 0.1) is 0 Å². The van der Waals surface area contributed by atoms with Gasteiger partial charge >= 0.3 is 0 Å². The molecule has 0 radical (unpaired) electrons. The van der Waals surface area contributed by atoms with E-state index < -0.39 is 28.7 Å². The molecule has 0 aliphatic heterocycles. The van der Waals surface area contributed by atoms with Crippen LogP contribution in [0.1, 0.15) is 0 Å². The van der Waals surface area contributed by atoms with Crippen molar-refractivity contribution in [3.63, 3.8) is 0 Å². The summed E-state index contributed by atoms with van der Waals surface area (Å²) in [6, 6.07) is 43.3. The number of fused-ring (bicyclic) bond motifs is 2. The minimum Gasteiger partial charge on any atom is -0.504 e. The summed E-state index contributed by atoms with van der Waals surface area (Å²) in [5.41, 5.74) is 4.79. The van der Waals surface area contributed by atoms with Gasteiger partial charge in [-0.05, 0) is 50.4 Å². The van der Waals surface area contributed by atoms with E-state index in [9.17, 15) is 25.5 Å². The number of aromatic nitrogens is 3. The lowest BCUT2D eigenvalue weighted by Gasteiger charge is -2.13. The lowest BCUT2D eigenvalue weighted by molar-refractivity contribution is 0.330. The molecule has 49 heavy (non-hydrogen) atoms. The number of aromatic hydroxyl groups is 5. The van der Waals surface area contributed by atoms with E-state index in [4.69, 9.17) is 15.0 Å². The highest BCUT2D eigenvalue weighted by Gasteiger charge is 2.24. The Kier molecular flexibility index (Phi) is 7.04. The third-order valence-electron chi connectivity index (χ3n) is 8.67. The Morgan fingerprint density at radius 2 is 0.796 bits per heavy atom. The molecule has 0 amide bonds. The Morgan fingerprint density at radius 3 is 1.47 bits per heavy atom. The molecule has 8 rings (SSSR count). The molecule has 0 bridgehead atoms. The highest BCUT2D eigenvalue weighted by atomic mass is 16.4. The van der Waals surface area contributed by atoms with Crippen LogP contribution in [0.4, 0.5) is 0 Å². The molecule has 0 atom stereocenters. The third kappa shape index (κ3) is 5.17. The summed E-state index contributed by atoms with van der Waals surface area (Å²) >= 11 is 0. The van der Waals surface area contributed by atoms with Crippen LogP contribution in [-0.4, -0.2) is 40.5 Å². The maximum Gasteiger partial charge on any atom is 0.208 e. The van der Waals surface area contributed by atoms with E-state index in [2.05, 4.69) is 42.5 Å². The number of phenols is 5. The van der Waals surface area contributed by atoms with Gasteiger partial charge in [0.25, 0.3) is 0 Å². The number of nitrogens with zero attached hydrogens (tertiary/aromatic N) is 3. The van der Waals surface area contributed by atoms with Crippen molar-refractivity contribution in [2.45, 2.75) is 0 Å². The van der Waals surface area contributed by atoms with Crippen molar-refractivity contribution in [1.29, 1.82) is 0 Å². The molecule has 5 N–H and O–H groups in total. The predicted octanol–water partition coefficient (Wildman–Crippen LogP) is 9.04. The van der Waals surface area contributed by atoms with Crippen molar-refractivity contribution >= 4 is 21.5 Å². The van der Waals surface area contributed by atoms with Gasteiger partial charge in [-0.1, -0.05) is 121 Å². The van der Waals surface area contributed by atoms with Crippen molar-refractivity contribution in [3.8, 4) is 85.2 Å². The second-order valence-electron chi connectivity index (χ2n) is 11.7. The molecule has 1 aromatic heterocycles. The molecular weight excluding hydrogens is 614 g/mol. The second kappa shape index (κ2) is 11.7. The van der Waals surface area contributed by atoms with Gasteiger partial charge in [0, 0.05) is 16.7 Å². The molecule has 8 nitrogen and oxygen atoms in total. The molecule has 7 aromatic carbocycles. The minimum atomic E-state index is -1.00. The number of benzene rings is 7. The smallest absolute Gasteiger partial charge is 0.208 e. The summed E-state index contributed by atoms with van der Waals surface area (Å²) in [5.74, 6) is -2.81. The number of phenolic OH excluding ortho intramolecular Hbond substituents is 5. The average Bonchev–Trinajstić information content (AvgIpc) is 3.16. The quantitative estimate of drug-likeness (QED) is 0.0926. The Labute approximate surface area is 280 Å². The summed E-state index contributed by atoms with van der Waals surface area (Å²) in [6.07, 6.45) is 0. The Balaban J connectivity index is 1.20. The molecular formula is C41H27N3O5. The van der Waals surface area contributed by atoms with E-state index in [0.717, 1.165) is 38.6 Å². The maximum absolute atomic E-state index is 10.5.